The average molecular weight is 333 g/mol. The second-order valence-corrected chi connectivity index (χ2v) is 2.33. The zero-order valence-corrected chi connectivity index (χ0v) is 8.59. The monoisotopic (exact) mass is 333 g/mol. The van der Waals surface area contributed by atoms with Gasteiger partial charge in [-0.2, -0.15) is 0 Å². The van der Waals surface area contributed by atoms with Gasteiger partial charge in [0.1, 0.15) is 0 Å². The second-order valence-electron chi connectivity index (χ2n) is 2.33. The molecule has 0 amide bonds. The number of rotatable bonds is 2. The third kappa shape index (κ3) is 3.21. The average Bonchev–Trinajstić information content (AvgIpc) is 2.05. The Morgan fingerprint density at radius 1 is 1.27 bits per heavy atom. The Morgan fingerprint density at radius 2 is 1.82 bits per heavy atom. The Labute approximate surface area is 83.0 Å². The van der Waals surface area contributed by atoms with E-state index in [1.807, 2.05) is 37.3 Å². The molecule has 0 saturated carbocycles. The van der Waals surface area contributed by atoms with E-state index in [-0.39, 0.29) is 28.5 Å². The molecular weight excluding hydrogens is 321 g/mol. The molecule has 0 aromatic heterocycles. The summed E-state index contributed by atoms with van der Waals surface area (Å²) in [6.07, 6.45) is 0.491. The SMILES string of the molecule is CCC(O)c1ccccc1.[Au]. The molecule has 0 saturated heterocycles. The fourth-order valence-electron chi connectivity index (χ4n) is 0.911. The van der Waals surface area contributed by atoms with E-state index in [9.17, 15) is 5.11 Å². The van der Waals surface area contributed by atoms with E-state index in [0.29, 0.717) is 0 Å². The van der Waals surface area contributed by atoms with E-state index >= 15 is 0 Å². The van der Waals surface area contributed by atoms with Crippen molar-refractivity contribution in [3.63, 3.8) is 0 Å². The molecule has 2 heteroatoms. The summed E-state index contributed by atoms with van der Waals surface area (Å²) in [6.45, 7) is 1.97. The van der Waals surface area contributed by atoms with Crippen molar-refractivity contribution in [2.24, 2.45) is 0 Å². The fraction of sp³-hybridized carbons (Fsp3) is 0.333. The van der Waals surface area contributed by atoms with Crippen LogP contribution in [0.25, 0.3) is 0 Å². The predicted octanol–water partition coefficient (Wildman–Crippen LogP) is 2.13. The van der Waals surface area contributed by atoms with E-state index in [0.717, 1.165) is 12.0 Å². The summed E-state index contributed by atoms with van der Waals surface area (Å²) in [6, 6.07) is 9.70. The minimum atomic E-state index is -0.291. The minimum absolute atomic E-state index is 0. The quantitative estimate of drug-likeness (QED) is 0.822. The molecule has 1 N–H and O–H groups in total. The van der Waals surface area contributed by atoms with Crippen LogP contribution < -0.4 is 0 Å². The first-order valence-corrected chi connectivity index (χ1v) is 3.57. The van der Waals surface area contributed by atoms with Crippen molar-refractivity contribution in [3.8, 4) is 0 Å². The summed E-state index contributed by atoms with van der Waals surface area (Å²) >= 11 is 0. The Kier molecular flexibility index (Phi) is 5.52. The molecule has 0 spiro atoms. The van der Waals surface area contributed by atoms with Gasteiger partial charge in [0.05, 0.1) is 6.10 Å². The molecule has 0 fully saturated rings. The summed E-state index contributed by atoms with van der Waals surface area (Å²) in [5.41, 5.74) is 1.00. The van der Waals surface area contributed by atoms with Gasteiger partial charge < -0.3 is 5.11 Å². The van der Waals surface area contributed by atoms with E-state index in [4.69, 9.17) is 0 Å². The van der Waals surface area contributed by atoms with E-state index in [1.54, 1.807) is 0 Å². The van der Waals surface area contributed by atoms with Gasteiger partial charge in [0.2, 0.25) is 0 Å². The van der Waals surface area contributed by atoms with Crippen LogP contribution in [0.5, 0.6) is 0 Å². The van der Waals surface area contributed by atoms with Crippen LogP contribution in [-0.2, 0) is 22.4 Å². The largest absolute Gasteiger partial charge is 0.388 e. The van der Waals surface area contributed by atoms with Gasteiger partial charge in [-0.3, -0.25) is 0 Å². The van der Waals surface area contributed by atoms with Crippen molar-refractivity contribution in [1.82, 2.24) is 0 Å². The molecule has 0 aliphatic carbocycles. The summed E-state index contributed by atoms with van der Waals surface area (Å²) in [7, 11) is 0. The smallest absolute Gasteiger partial charge is 0.0787 e. The van der Waals surface area contributed by atoms with Crippen LogP contribution in [0.1, 0.15) is 25.0 Å². The summed E-state index contributed by atoms with van der Waals surface area (Å²) in [4.78, 5) is 0. The normalized spacial score (nSPS) is 11.8. The molecule has 0 aliphatic heterocycles. The first kappa shape index (κ1) is 10.9. The first-order chi connectivity index (χ1) is 4.84. The molecule has 0 heterocycles. The van der Waals surface area contributed by atoms with Crippen molar-refractivity contribution in [2.45, 2.75) is 19.4 Å². The van der Waals surface area contributed by atoms with Crippen molar-refractivity contribution in [2.75, 3.05) is 0 Å². The zero-order valence-electron chi connectivity index (χ0n) is 6.42. The van der Waals surface area contributed by atoms with Crippen LogP contribution in [-0.4, -0.2) is 5.11 Å². The number of hydrogen-bond acceptors (Lipinski definition) is 1. The maximum absolute atomic E-state index is 9.33. The molecular formula is C9H12AuO. The summed E-state index contributed by atoms with van der Waals surface area (Å²) in [5, 5.41) is 9.33. The van der Waals surface area contributed by atoms with Crippen LogP contribution in [0, 0.1) is 0 Å². The Hall–Kier alpha value is -0.0797. The predicted molar refractivity (Wildman–Crippen MR) is 41.7 cm³/mol. The van der Waals surface area contributed by atoms with Crippen molar-refractivity contribution < 1.29 is 27.5 Å². The van der Waals surface area contributed by atoms with Gasteiger partial charge in [-0.15, -0.1) is 0 Å². The van der Waals surface area contributed by atoms with Gasteiger partial charge >= 0.3 is 0 Å². The van der Waals surface area contributed by atoms with E-state index in [1.165, 1.54) is 0 Å². The van der Waals surface area contributed by atoms with E-state index < -0.39 is 0 Å². The van der Waals surface area contributed by atoms with Gasteiger partial charge in [-0.1, -0.05) is 37.3 Å². The molecule has 1 rings (SSSR count). The Bertz CT molecular complexity index is 186. The molecule has 1 unspecified atom stereocenters. The van der Waals surface area contributed by atoms with Gasteiger partial charge in [-0.25, -0.2) is 0 Å². The van der Waals surface area contributed by atoms with Crippen molar-refractivity contribution >= 4 is 0 Å². The van der Waals surface area contributed by atoms with Crippen LogP contribution in [0.2, 0.25) is 0 Å². The molecule has 0 bridgehead atoms. The molecule has 1 radical (unpaired) electrons. The third-order valence-corrected chi connectivity index (χ3v) is 1.57. The Balaban J connectivity index is 0.000001000. The van der Waals surface area contributed by atoms with Crippen LogP contribution in [0.3, 0.4) is 0 Å². The molecule has 0 aliphatic rings. The van der Waals surface area contributed by atoms with Gasteiger partial charge in [0, 0.05) is 22.4 Å². The van der Waals surface area contributed by atoms with Gasteiger partial charge in [-0.05, 0) is 12.0 Å². The summed E-state index contributed by atoms with van der Waals surface area (Å²) < 4.78 is 0. The third-order valence-electron chi connectivity index (χ3n) is 1.57. The van der Waals surface area contributed by atoms with Crippen LogP contribution in [0.4, 0.5) is 0 Å². The maximum atomic E-state index is 9.33. The first-order valence-electron chi connectivity index (χ1n) is 3.57. The van der Waals surface area contributed by atoms with Gasteiger partial charge in [0.25, 0.3) is 0 Å². The van der Waals surface area contributed by atoms with Crippen LogP contribution in [0.15, 0.2) is 30.3 Å². The number of hydrogen-bond donors (Lipinski definition) is 1. The zero-order chi connectivity index (χ0) is 7.40. The summed E-state index contributed by atoms with van der Waals surface area (Å²) in [5.74, 6) is 0. The van der Waals surface area contributed by atoms with Crippen LogP contribution >= 0.6 is 0 Å². The molecule has 65 valence electrons. The van der Waals surface area contributed by atoms with Crippen molar-refractivity contribution in [3.05, 3.63) is 35.9 Å². The molecule has 1 nitrogen and oxygen atoms in total. The number of benzene rings is 1. The standard InChI is InChI=1S/C9H12O.Au/c1-2-9(10)8-6-4-3-5-7-8;/h3-7,9-10H,2H2,1H3;. The molecule has 11 heavy (non-hydrogen) atoms. The number of aliphatic hydroxyl groups excluding tert-OH is 1. The Morgan fingerprint density at radius 3 is 2.27 bits per heavy atom. The van der Waals surface area contributed by atoms with Crippen molar-refractivity contribution in [1.29, 1.82) is 0 Å². The fourth-order valence-corrected chi connectivity index (χ4v) is 0.911. The van der Waals surface area contributed by atoms with Gasteiger partial charge in [0.15, 0.2) is 0 Å². The number of aliphatic hydroxyl groups is 1. The molecule has 1 aromatic rings. The second kappa shape index (κ2) is 5.56. The molecule has 1 aromatic carbocycles. The topological polar surface area (TPSA) is 20.2 Å². The molecule has 1 atom stereocenters. The minimum Gasteiger partial charge on any atom is -0.388 e. The van der Waals surface area contributed by atoms with E-state index in [2.05, 4.69) is 0 Å². The maximum Gasteiger partial charge on any atom is 0.0787 e.